The number of rotatable bonds is 9. The molecule has 0 spiro atoms. The van der Waals surface area contributed by atoms with Crippen LogP contribution in [0.15, 0.2) is 42.6 Å². The van der Waals surface area contributed by atoms with Gasteiger partial charge in [-0.1, -0.05) is 30.3 Å². The predicted molar refractivity (Wildman–Crippen MR) is 120 cm³/mol. The van der Waals surface area contributed by atoms with E-state index in [0.29, 0.717) is 25.3 Å². The molecule has 0 radical (unpaired) electrons. The zero-order chi connectivity index (χ0) is 21.7. The van der Waals surface area contributed by atoms with Crippen molar-refractivity contribution in [3.8, 4) is 11.3 Å². The molecule has 0 atom stereocenters. The number of hydrogen-bond acceptors (Lipinski definition) is 5. The van der Waals surface area contributed by atoms with Crippen LogP contribution in [0.1, 0.15) is 30.2 Å². The van der Waals surface area contributed by atoms with Gasteiger partial charge < -0.3 is 14.5 Å². The van der Waals surface area contributed by atoms with Crippen molar-refractivity contribution in [2.75, 3.05) is 47.4 Å². The lowest BCUT2D eigenvalue weighted by molar-refractivity contribution is 0.0685. The molecule has 0 saturated carbocycles. The molecule has 160 valence electrons. The fraction of sp³-hybridized carbons (Fsp3) is 0.435. The van der Waals surface area contributed by atoms with E-state index in [1.807, 2.05) is 60.1 Å². The second-order valence-corrected chi connectivity index (χ2v) is 7.93. The number of fused-ring (bicyclic) bond motifs is 1. The lowest BCUT2D eigenvalue weighted by Gasteiger charge is -2.24. The van der Waals surface area contributed by atoms with Crippen LogP contribution in [0.2, 0.25) is 0 Å². The first-order valence-corrected chi connectivity index (χ1v) is 10.3. The molecule has 0 bridgehead atoms. The van der Waals surface area contributed by atoms with E-state index in [4.69, 9.17) is 9.72 Å². The van der Waals surface area contributed by atoms with Gasteiger partial charge in [-0.25, -0.2) is 9.67 Å². The summed E-state index contributed by atoms with van der Waals surface area (Å²) in [5.74, 6) is -0.0261. The van der Waals surface area contributed by atoms with Gasteiger partial charge in [-0.05, 0) is 34.0 Å². The zero-order valence-corrected chi connectivity index (χ0v) is 18.5. The monoisotopic (exact) mass is 409 g/mol. The maximum absolute atomic E-state index is 13.6. The predicted octanol–water partition coefficient (Wildman–Crippen LogP) is 3.33. The number of nitrogens with zero attached hydrogens (tertiary/aromatic N) is 5. The Kier molecular flexibility index (Phi) is 7.18. The van der Waals surface area contributed by atoms with Crippen molar-refractivity contribution in [3.63, 3.8) is 0 Å². The summed E-state index contributed by atoms with van der Waals surface area (Å²) in [5, 5.41) is 5.30. The fourth-order valence-corrected chi connectivity index (χ4v) is 3.34. The highest BCUT2D eigenvalue weighted by molar-refractivity contribution is 6.06. The normalized spacial score (nSPS) is 11.6. The molecule has 0 N–H and O–H groups in total. The van der Waals surface area contributed by atoms with Crippen LogP contribution in [-0.4, -0.2) is 77.9 Å². The van der Waals surface area contributed by atoms with Crippen molar-refractivity contribution in [2.24, 2.45) is 0 Å². The van der Waals surface area contributed by atoms with Crippen LogP contribution in [0.4, 0.5) is 0 Å². The second-order valence-electron chi connectivity index (χ2n) is 7.93. The van der Waals surface area contributed by atoms with E-state index in [1.165, 1.54) is 0 Å². The minimum Gasteiger partial charge on any atom is -0.383 e. The van der Waals surface area contributed by atoms with E-state index in [2.05, 4.69) is 23.8 Å². The molecule has 30 heavy (non-hydrogen) atoms. The number of amides is 1. The number of likely N-dealkylation sites (N-methyl/N-ethyl adjacent to an activating group) is 1. The molecule has 0 saturated heterocycles. The Balaban J connectivity index is 2.11. The molecule has 2 aromatic heterocycles. The zero-order valence-electron chi connectivity index (χ0n) is 18.5. The third kappa shape index (κ3) is 4.86. The summed E-state index contributed by atoms with van der Waals surface area (Å²) in [6.45, 7) is 6.55. The van der Waals surface area contributed by atoms with Crippen LogP contribution in [0.25, 0.3) is 22.3 Å². The lowest BCUT2D eigenvalue weighted by atomic mass is 10.1. The van der Waals surface area contributed by atoms with Crippen LogP contribution in [0.3, 0.4) is 0 Å². The first kappa shape index (κ1) is 21.9. The van der Waals surface area contributed by atoms with Crippen LogP contribution < -0.4 is 0 Å². The summed E-state index contributed by atoms with van der Waals surface area (Å²) in [7, 11) is 5.66. The van der Waals surface area contributed by atoms with Crippen molar-refractivity contribution in [2.45, 2.75) is 19.9 Å². The Hall–Kier alpha value is -2.77. The van der Waals surface area contributed by atoms with Gasteiger partial charge >= 0.3 is 0 Å². The van der Waals surface area contributed by atoms with E-state index in [9.17, 15) is 4.79 Å². The minimum atomic E-state index is -0.0261. The molecule has 0 aliphatic rings. The summed E-state index contributed by atoms with van der Waals surface area (Å²) < 4.78 is 7.12. The van der Waals surface area contributed by atoms with Crippen LogP contribution >= 0.6 is 0 Å². The summed E-state index contributed by atoms with van der Waals surface area (Å²) >= 11 is 0. The maximum Gasteiger partial charge on any atom is 0.254 e. The summed E-state index contributed by atoms with van der Waals surface area (Å²) in [5.41, 5.74) is 3.10. The van der Waals surface area contributed by atoms with Gasteiger partial charge in [0.25, 0.3) is 5.91 Å². The van der Waals surface area contributed by atoms with Crippen molar-refractivity contribution in [1.82, 2.24) is 24.6 Å². The smallest absolute Gasteiger partial charge is 0.254 e. The average Bonchev–Trinajstić information content (AvgIpc) is 3.17. The Labute approximate surface area is 178 Å². The molecule has 7 nitrogen and oxygen atoms in total. The number of pyridine rings is 1. The van der Waals surface area contributed by atoms with Gasteiger partial charge in [0.05, 0.1) is 29.4 Å². The van der Waals surface area contributed by atoms with Crippen molar-refractivity contribution in [3.05, 3.63) is 48.2 Å². The van der Waals surface area contributed by atoms with Crippen molar-refractivity contribution in [1.29, 1.82) is 0 Å². The number of ether oxygens (including phenoxy) is 1. The van der Waals surface area contributed by atoms with Gasteiger partial charge in [-0.15, -0.1) is 0 Å². The van der Waals surface area contributed by atoms with E-state index in [-0.39, 0.29) is 11.9 Å². The largest absolute Gasteiger partial charge is 0.383 e. The van der Waals surface area contributed by atoms with Crippen LogP contribution in [0.5, 0.6) is 0 Å². The molecular formula is C23H31N5O2. The van der Waals surface area contributed by atoms with Gasteiger partial charge in [0, 0.05) is 38.3 Å². The van der Waals surface area contributed by atoms with E-state index in [0.717, 1.165) is 28.8 Å². The van der Waals surface area contributed by atoms with Gasteiger partial charge in [0.15, 0.2) is 5.65 Å². The maximum atomic E-state index is 13.6. The first-order chi connectivity index (χ1) is 14.4. The van der Waals surface area contributed by atoms with Crippen LogP contribution in [-0.2, 0) is 4.74 Å². The standard InChI is InChI=1S/C23H31N5O2/c1-17(2)28-22-20(16-24-28)19(15-21(25-22)18-9-7-6-8-10-18)23(29)27(13-14-30-5)12-11-26(3)4/h6-10,15-17H,11-14H2,1-5H3. The molecular weight excluding hydrogens is 378 g/mol. The number of carbonyl (C=O) groups excluding carboxylic acids is 1. The molecule has 7 heteroatoms. The third-order valence-corrected chi connectivity index (χ3v) is 5.03. The molecule has 0 aliphatic carbocycles. The third-order valence-electron chi connectivity index (χ3n) is 5.03. The Morgan fingerprint density at radius 2 is 1.87 bits per heavy atom. The Morgan fingerprint density at radius 1 is 1.13 bits per heavy atom. The molecule has 1 aromatic carbocycles. The quantitative estimate of drug-likeness (QED) is 0.542. The minimum absolute atomic E-state index is 0.0261. The van der Waals surface area contributed by atoms with Crippen molar-refractivity contribution < 1.29 is 9.53 Å². The fourth-order valence-electron chi connectivity index (χ4n) is 3.34. The molecule has 0 fully saturated rings. The summed E-state index contributed by atoms with van der Waals surface area (Å²) in [4.78, 5) is 22.4. The summed E-state index contributed by atoms with van der Waals surface area (Å²) in [6.07, 6.45) is 1.75. The number of hydrogen-bond donors (Lipinski definition) is 0. The van der Waals surface area contributed by atoms with E-state index >= 15 is 0 Å². The molecule has 2 heterocycles. The lowest BCUT2D eigenvalue weighted by Crippen LogP contribution is -2.38. The van der Waals surface area contributed by atoms with Crippen LogP contribution in [0, 0.1) is 0 Å². The highest BCUT2D eigenvalue weighted by Gasteiger charge is 2.22. The Bertz CT molecular complexity index is 982. The highest BCUT2D eigenvalue weighted by Crippen LogP contribution is 2.27. The summed E-state index contributed by atoms with van der Waals surface area (Å²) in [6, 6.07) is 12.0. The van der Waals surface area contributed by atoms with Crippen molar-refractivity contribution >= 4 is 16.9 Å². The molecule has 0 unspecified atom stereocenters. The number of carbonyl (C=O) groups is 1. The topological polar surface area (TPSA) is 63.5 Å². The van der Waals surface area contributed by atoms with Gasteiger partial charge in [0.2, 0.25) is 0 Å². The SMILES string of the molecule is COCCN(CCN(C)C)C(=O)c1cc(-c2ccccc2)nc2c1cnn2C(C)C. The van der Waals surface area contributed by atoms with Gasteiger partial charge in [-0.3, -0.25) is 4.79 Å². The van der Waals surface area contributed by atoms with E-state index < -0.39 is 0 Å². The molecule has 3 rings (SSSR count). The molecule has 0 aliphatic heterocycles. The van der Waals surface area contributed by atoms with Gasteiger partial charge in [-0.2, -0.15) is 5.10 Å². The van der Waals surface area contributed by atoms with E-state index in [1.54, 1.807) is 13.3 Å². The number of benzene rings is 1. The second kappa shape index (κ2) is 9.82. The Morgan fingerprint density at radius 3 is 2.50 bits per heavy atom. The number of aromatic nitrogens is 3. The highest BCUT2D eigenvalue weighted by atomic mass is 16.5. The first-order valence-electron chi connectivity index (χ1n) is 10.3. The number of methoxy groups -OCH3 is 1. The molecule has 1 amide bonds. The van der Waals surface area contributed by atoms with Gasteiger partial charge in [0.1, 0.15) is 0 Å². The molecule has 3 aromatic rings. The average molecular weight is 410 g/mol.